The molecular formula is C10H17O2. The summed E-state index contributed by atoms with van der Waals surface area (Å²) in [6.07, 6.45) is 8.85. The first-order valence-corrected chi connectivity index (χ1v) is 4.74. The normalized spacial score (nSPS) is 30.1. The first-order valence-electron chi connectivity index (χ1n) is 4.74. The Morgan fingerprint density at radius 1 is 1.33 bits per heavy atom. The Balaban J connectivity index is 2.12. The van der Waals surface area contributed by atoms with E-state index in [2.05, 4.69) is 0 Å². The van der Waals surface area contributed by atoms with Crippen molar-refractivity contribution in [3.8, 4) is 0 Å². The van der Waals surface area contributed by atoms with Gasteiger partial charge in [-0.2, -0.15) is 0 Å². The van der Waals surface area contributed by atoms with Crippen molar-refractivity contribution in [1.82, 2.24) is 0 Å². The number of methoxy groups -OCH3 is 1. The minimum absolute atomic E-state index is 0.474. The predicted octanol–water partition coefficient (Wildman–Crippen LogP) is 2.08. The summed E-state index contributed by atoms with van der Waals surface area (Å²) in [4.78, 5) is 10.0. The van der Waals surface area contributed by atoms with Gasteiger partial charge < -0.3 is 4.74 Å². The van der Waals surface area contributed by atoms with E-state index >= 15 is 0 Å². The molecule has 0 atom stereocenters. The topological polar surface area (TPSA) is 26.3 Å². The fourth-order valence-electron chi connectivity index (χ4n) is 1.92. The van der Waals surface area contributed by atoms with Crippen LogP contribution in [0.3, 0.4) is 0 Å². The lowest BCUT2D eigenvalue weighted by Crippen LogP contribution is -2.20. The van der Waals surface area contributed by atoms with Crippen molar-refractivity contribution in [2.45, 2.75) is 44.6 Å². The molecule has 69 valence electrons. The summed E-state index contributed by atoms with van der Waals surface area (Å²) in [6.45, 7) is 0. The molecule has 0 amide bonds. The fraction of sp³-hybridized carbons (Fsp3) is 0.900. The van der Waals surface area contributed by atoms with Crippen LogP contribution < -0.4 is 0 Å². The third kappa shape index (κ3) is 2.94. The van der Waals surface area contributed by atoms with Gasteiger partial charge in [0.2, 0.25) is 0 Å². The van der Waals surface area contributed by atoms with E-state index in [1.807, 2.05) is 6.29 Å². The second-order valence-electron chi connectivity index (χ2n) is 3.56. The summed E-state index contributed by atoms with van der Waals surface area (Å²) in [5.41, 5.74) is 0. The molecule has 0 saturated heterocycles. The second-order valence-corrected chi connectivity index (χ2v) is 3.56. The van der Waals surface area contributed by atoms with Gasteiger partial charge in [-0.3, -0.25) is 4.79 Å². The molecule has 0 bridgehead atoms. The number of carbonyl (C=O) groups excluding carboxylic acids is 1. The Morgan fingerprint density at radius 3 is 2.50 bits per heavy atom. The number of ether oxygens (including phenoxy) is 1. The lowest BCUT2D eigenvalue weighted by molar-refractivity contribution is 0.0558. The van der Waals surface area contributed by atoms with Crippen LogP contribution in [-0.2, 0) is 9.53 Å². The Morgan fingerprint density at radius 2 is 2.00 bits per heavy atom. The van der Waals surface area contributed by atoms with Crippen molar-refractivity contribution in [2.24, 2.45) is 5.92 Å². The van der Waals surface area contributed by atoms with E-state index in [1.165, 1.54) is 25.7 Å². The van der Waals surface area contributed by atoms with Crippen LogP contribution >= 0.6 is 0 Å². The molecule has 1 aliphatic rings. The zero-order valence-corrected chi connectivity index (χ0v) is 7.71. The third-order valence-corrected chi connectivity index (χ3v) is 2.78. The van der Waals surface area contributed by atoms with Crippen LogP contribution in [0.1, 0.15) is 38.5 Å². The van der Waals surface area contributed by atoms with Crippen molar-refractivity contribution in [1.29, 1.82) is 0 Å². The molecule has 1 rings (SSSR count). The molecule has 1 fully saturated rings. The number of hydrogen-bond acceptors (Lipinski definition) is 2. The standard InChI is InChI=1S/C10H17O2/c1-12-10-6-4-9(5-7-10)3-2-8-11/h9-10H,2-7H2,1H3. The van der Waals surface area contributed by atoms with Crippen LogP contribution in [0.2, 0.25) is 0 Å². The molecule has 1 saturated carbocycles. The molecule has 12 heavy (non-hydrogen) atoms. The van der Waals surface area contributed by atoms with E-state index in [0.29, 0.717) is 12.5 Å². The maximum atomic E-state index is 10.0. The molecule has 0 aromatic rings. The Bertz CT molecular complexity index is 126. The summed E-state index contributed by atoms with van der Waals surface area (Å²) in [6, 6.07) is 0. The third-order valence-electron chi connectivity index (χ3n) is 2.78. The molecule has 2 nitrogen and oxygen atoms in total. The van der Waals surface area contributed by atoms with Gasteiger partial charge >= 0.3 is 0 Å². The molecule has 0 aliphatic heterocycles. The maximum absolute atomic E-state index is 10.0. The molecule has 0 spiro atoms. The Labute approximate surface area is 74.3 Å². The summed E-state index contributed by atoms with van der Waals surface area (Å²) in [5.74, 6) is 0.748. The highest BCUT2D eigenvalue weighted by Gasteiger charge is 2.19. The van der Waals surface area contributed by atoms with E-state index in [0.717, 1.165) is 12.3 Å². The minimum atomic E-state index is 0.474. The first kappa shape index (κ1) is 9.72. The van der Waals surface area contributed by atoms with Crippen molar-refractivity contribution >= 4 is 6.29 Å². The molecule has 0 unspecified atom stereocenters. The summed E-state index contributed by atoms with van der Waals surface area (Å²) >= 11 is 0. The molecule has 0 N–H and O–H groups in total. The van der Waals surface area contributed by atoms with Gasteiger partial charge in [-0.25, -0.2) is 0 Å². The monoisotopic (exact) mass is 169 g/mol. The zero-order chi connectivity index (χ0) is 8.81. The number of rotatable bonds is 4. The minimum Gasteiger partial charge on any atom is -0.381 e. The molecule has 0 heterocycles. The van der Waals surface area contributed by atoms with Crippen LogP contribution in [0.25, 0.3) is 0 Å². The van der Waals surface area contributed by atoms with E-state index in [4.69, 9.17) is 4.74 Å². The van der Waals surface area contributed by atoms with E-state index in [9.17, 15) is 4.79 Å². The summed E-state index contributed by atoms with van der Waals surface area (Å²) in [5, 5.41) is 0. The largest absolute Gasteiger partial charge is 0.381 e. The molecule has 0 aromatic carbocycles. The maximum Gasteiger partial charge on any atom is 0.198 e. The lowest BCUT2D eigenvalue weighted by atomic mass is 9.85. The van der Waals surface area contributed by atoms with Crippen LogP contribution in [0.4, 0.5) is 0 Å². The Hall–Kier alpha value is -0.370. The highest BCUT2D eigenvalue weighted by molar-refractivity contribution is 5.50. The van der Waals surface area contributed by atoms with Crippen molar-refractivity contribution in [2.75, 3.05) is 7.11 Å². The average molecular weight is 169 g/mol. The quantitative estimate of drug-likeness (QED) is 0.644. The Kier molecular flexibility index (Phi) is 4.30. The lowest BCUT2D eigenvalue weighted by Gasteiger charge is -2.26. The van der Waals surface area contributed by atoms with Crippen LogP contribution in [0.5, 0.6) is 0 Å². The fourth-order valence-corrected chi connectivity index (χ4v) is 1.92. The second kappa shape index (κ2) is 5.31. The van der Waals surface area contributed by atoms with Gasteiger partial charge in [-0.05, 0) is 38.0 Å². The highest BCUT2D eigenvalue weighted by atomic mass is 16.5. The summed E-state index contributed by atoms with van der Waals surface area (Å²) < 4.78 is 5.27. The van der Waals surface area contributed by atoms with Gasteiger partial charge in [0.25, 0.3) is 0 Å². The molecule has 1 aliphatic carbocycles. The van der Waals surface area contributed by atoms with E-state index < -0.39 is 0 Å². The van der Waals surface area contributed by atoms with Gasteiger partial charge in [0, 0.05) is 13.5 Å². The SMILES string of the molecule is COC1CCC(CC[C]=O)CC1. The van der Waals surface area contributed by atoms with Gasteiger partial charge in [-0.15, -0.1) is 0 Å². The van der Waals surface area contributed by atoms with Crippen molar-refractivity contribution in [3.63, 3.8) is 0 Å². The van der Waals surface area contributed by atoms with E-state index in [1.54, 1.807) is 7.11 Å². The average Bonchev–Trinajstić information content (AvgIpc) is 2.15. The molecule has 2 heteroatoms. The first-order chi connectivity index (χ1) is 5.86. The van der Waals surface area contributed by atoms with Crippen molar-refractivity contribution in [3.05, 3.63) is 0 Å². The molecule has 0 aromatic heterocycles. The van der Waals surface area contributed by atoms with Crippen LogP contribution in [0, 0.1) is 5.92 Å². The van der Waals surface area contributed by atoms with Crippen LogP contribution in [0.15, 0.2) is 0 Å². The van der Waals surface area contributed by atoms with Gasteiger partial charge in [0.05, 0.1) is 6.10 Å². The predicted molar refractivity (Wildman–Crippen MR) is 47.7 cm³/mol. The van der Waals surface area contributed by atoms with Gasteiger partial charge in [-0.1, -0.05) is 0 Å². The summed E-state index contributed by atoms with van der Waals surface area (Å²) in [7, 11) is 1.78. The van der Waals surface area contributed by atoms with Gasteiger partial charge in [0.15, 0.2) is 6.29 Å². The van der Waals surface area contributed by atoms with E-state index in [-0.39, 0.29) is 0 Å². The molecular weight excluding hydrogens is 152 g/mol. The number of hydrogen-bond donors (Lipinski definition) is 0. The smallest absolute Gasteiger partial charge is 0.198 e. The van der Waals surface area contributed by atoms with Crippen LogP contribution in [-0.4, -0.2) is 19.5 Å². The van der Waals surface area contributed by atoms with Crippen molar-refractivity contribution < 1.29 is 9.53 Å². The zero-order valence-electron chi connectivity index (χ0n) is 7.71. The highest BCUT2D eigenvalue weighted by Crippen LogP contribution is 2.28. The van der Waals surface area contributed by atoms with Gasteiger partial charge in [0.1, 0.15) is 0 Å². The molecule has 1 radical (unpaired) electrons.